The zero-order valence-electron chi connectivity index (χ0n) is 12.5. The minimum absolute atomic E-state index is 0.126. The average molecular weight is 355 g/mol. The van der Waals surface area contributed by atoms with Crippen molar-refractivity contribution < 1.29 is 8.81 Å². The van der Waals surface area contributed by atoms with Crippen molar-refractivity contribution in [1.82, 2.24) is 10.3 Å². The van der Waals surface area contributed by atoms with Crippen LogP contribution in [0.2, 0.25) is 0 Å². The van der Waals surface area contributed by atoms with Crippen LogP contribution in [0.3, 0.4) is 0 Å². The standard InChI is InChI=1S/C16H20BrFN2O/c1-16(2,3)20-8-4-5-15-19-10-14(21-15)12-7-6-11(18)9-13(12)17/h6-7,9-10,20H,4-5,8H2,1-3H3. The number of hydrogen-bond donors (Lipinski definition) is 1. The van der Waals surface area contributed by atoms with E-state index in [4.69, 9.17) is 4.42 Å². The van der Waals surface area contributed by atoms with Crippen molar-refractivity contribution >= 4 is 15.9 Å². The summed E-state index contributed by atoms with van der Waals surface area (Å²) in [6.45, 7) is 7.34. The summed E-state index contributed by atoms with van der Waals surface area (Å²) in [6.07, 6.45) is 3.42. The highest BCUT2D eigenvalue weighted by Gasteiger charge is 2.11. The number of hydrogen-bond acceptors (Lipinski definition) is 3. The molecule has 0 unspecified atom stereocenters. The van der Waals surface area contributed by atoms with Crippen LogP contribution in [-0.4, -0.2) is 17.1 Å². The van der Waals surface area contributed by atoms with Crippen LogP contribution < -0.4 is 5.32 Å². The summed E-state index contributed by atoms with van der Waals surface area (Å²) in [5.74, 6) is 1.08. The van der Waals surface area contributed by atoms with Gasteiger partial charge in [-0.2, -0.15) is 0 Å². The van der Waals surface area contributed by atoms with E-state index in [0.717, 1.165) is 24.9 Å². The summed E-state index contributed by atoms with van der Waals surface area (Å²) in [5.41, 5.74) is 0.934. The van der Waals surface area contributed by atoms with Crippen molar-refractivity contribution in [1.29, 1.82) is 0 Å². The second-order valence-electron chi connectivity index (χ2n) is 6.02. The lowest BCUT2D eigenvalue weighted by Gasteiger charge is -2.20. The first kappa shape index (κ1) is 16.2. The number of oxazole rings is 1. The first-order valence-electron chi connectivity index (χ1n) is 7.00. The monoisotopic (exact) mass is 354 g/mol. The van der Waals surface area contributed by atoms with Gasteiger partial charge in [-0.05, 0) is 67.9 Å². The highest BCUT2D eigenvalue weighted by atomic mass is 79.9. The van der Waals surface area contributed by atoms with Gasteiger partial charge in [0, 0.05) is 22.0 Å². The van der Waals surface area contributed by atoms with E-state index in [-0.39, 0.29) is 11.4 Å². The third-order valence-corrected chi connectivity index (χ3v) is 3.63. The molecule has 3 nitrogen and oxygen atoms in total. The Bertz CT molecular complexity index is 605. The zero-order valence-corrected chi connectivity index (χ0v) is 14.1. The van der Waals surface area contributed by atoms with Crippen LogP contribution in [0.5, 0.6) is 0 Å². The molecule has 0 aliphatic heterocycles. The maximum absolute atomic E-state index is 13.1. The number of aryl methyl sites for hydroxylation is 1. The molecule has 5 heteroatoms. The van der Waals surface area contributed by atoms with E-state index in [9.17, 15) is 4.39 Å². The largest absolute Gasteiger partial charge is 0.441 e. The second kappa shape index (κ2) is 6.71. The van der Waals surface area contributed by atoms with Crippen molar-refractivity contribution in [2.75, 3.05) is 6.54 Å². The zero-order chi connectivity index (χ0) is 15.5. The fraction of sp³-hybridized carbons (Fsp3) is 0.438. The van der Waals surface area contributed by atoms with Crippen LogP contribution in [-0.2, 0) is 6.42 Å². The van der Waals surface area contributed by atoms with Gasteiger partial charge in [-0.15, -0.1) is 0 Å². The number of benzene rings is 1. The van der Waals surface area contributed by atoms with E-state index in [1.54, 1.807) is 12.3 Å². The Morgan fingerprint density at radius 2 is 2.10 bits per heavy atom. The molecule has 0 fully saturated rings. The predicted octanol–water partition coefficient (Wildman–Crippen LogP) is 4.56. The highest BCUT2D eigenvalue weighted by Crippen LogP contribution is 2.29. The lowest BCUT2D eigenvalue weighted by molar-refractivity contribution is 0.412. The van der Waals surface area contributed by atoms with Gasteiger partial charge < -0.3 is 9.73 Å². The SMILES string of the molecule is CC(C)(C)NCCCc1ncc(-c2ccc(F)cc2Br)o1. The van der Waals surface area contributed by atoms with E-state index >= 15 is 0 Å². The molecule has 0 aliphatic rings. The lowest BCUT2D eigenvalue weighted by atomic mass is 10.1. The fourth-order valence-corrected chi connectivity index (χ4v) is 2.49. The molecule has 0 radical (unpaired) electrons. The smallest absolute Gasteiger partial charge is 0.194 e. The Hall–Kier alpha value is -1.20. The van der Waals surface area contributed by atoms with Crippen LogP contribution in [0.15, 0.2) is 33.3 Å². The molecular formula is C16H20BrFN2O. The van der Waals surface area contributed by atoms with Gasteiger partial charge in [0.05, 0.1) is 6.20 Å². The molecule has 0 saturated carbocycles. The van der Waals surface area contributed by atoms with Gasteiger partial charge in [-0.3, -0.25) is 0 Å². The topological polar surface area (TPSA) is 38.1 Å². The van der Waals surface area contributed by atoms with Crippen molar-refractivity contribution in [3.8, 4) is 11.3 Å². The van der Waals surface area contributed by atoms with Crippen LogP contribution in [0.25, 0.3) is 11.3 Å². The van der Waals surface area contributed by atoms with Crippen molar-refractivity contribution in [2.45, 2.75) is 39.2 Å². The molecule has 0 atom stereocenters. The summed E-state index contributed by atoms with van der Waals surface area (Å²) in [6, 6.07) is 4.52. The lowest BCUT2D eigenvalue weighted by Crippen LogP contribution is -2.36. The molecule has 1 N–H and O–H groups in total. The van der Waals surface area contributed by atoms with Crippen molar-refractivity contribution in [3.05, 3.63) is 40.6 Å². The molecule has 0 spiro atoms. The van der Waals surface area contributed by atoms with E-state index in [1.165, 1.54) is 12.1 Å². The Morgan fingerprint density at radius 1 is 1.33 bits per heavy atom. The first-order valence-corrected chi connectivity index (χ1v) is 7.79. The quantitative estimate of drug-likeness (QED) is 0.799. The first-order chi connectivity index (χ1) is 9.85. The van der Waals surface area contributed by atoms with Crippen LogP contribution in [0.1, 0.15) is 33.1 Å². The Morgan fingerprint density at radius 3 is 2.76 bits per heavy atom. The normalized spacial score (nSPS) is 11.9. The average Bonchev–Trinajstić information content (AvgIpc) is 2.82. The highest BCUT2D eigenvalue weighted by molar-refractivity contribution is 9.10. The Labute approximate surface area is 133 Å². The third kappa shape index (κ3) is 4.93. The van der Waals surface area contributed by atoms with Crippen molar-refractivity contribution in [3.63, 3.8) is 0 Å². The van der Waals surface area contributed by atoms with E-state index in [0.29, 0.717) is 16.1 Å². The van der Waals surface area contributed by atoms with Gasteiger partial charge in [-0.25, -0.2) is 9.37 Å². The molecule has 0 aliphatic carbocycles. The molecular weight excluding hydrogens is 335 g/mol. The maximum Gasteiger partial charge on any atom is 0.194 e. The second-order valence-corrected chi connectivity index (χ2v) is 6.88. The Kier molecular flexibility index (Phi) is 5.17. The molecule has 21 heavy (non-hydrogen) atoms. The van der Waals surface area contributed by atoms with E-state index in [2.05, 4.69) is 47.0 Å². The van der Waals surface area contributed by atoms with Crippen LogP contribution >= 0.6 is 15.9 Å². The number of halogens is 2. The molecule has 2 aromatic rings. The number of aromatic nitrogens is 1. The Balaban J connectivity index is 1.95. The number of rotatable bonds is 5. The maximum atomic E-state index is 13.1. The van der Waals surface area contributed by atoms with E-state index < -0.39 is 0 Å². The van der Waals surface area contributed by atoms with Gasteiger partial charge in [0.15, 0.2) is 11.7 Å². The summed E-state index contributed by atoms with van der Waals surface area (Å²) in [7, 11) is 0. The van der Waals surface area contributed by atoms with Crippen LogP contribution in [0, 0.1) is 5.82 Å². The molecule has 0 saturated heterocycles. The predicted molar refractivity (Wildman–Crippen MR) is 85.7 cm³/mol. The molecule has 0 amide bonds. The molecule has 2 rings (SSSR count). The van der Waals surface area contributed by atoms with Gasteiger partial charge >= 0.3 is 0 Å². The summed E-state index contributed by atoms with van der Waals surface area (Å²) in [4.78, 5) is 4.28. The molecule has 114 valence electrons. The minimum Gasteiger partial charge on any atom is -0.441 e. The summed E-state index contributed by atoms with van der Waals surface area (Å²) >= 11 is 3.34. The van der Waals surface area contributed by atoms with Crippen LogP contribution in [0.4, 0.5) is 4.39 Å². The summed E-state index contributed by atoms with van der Waals surface area (Å²) < 4.78 is 19.5. The molecule has 0 bridgehead atoms. The molecule has 1 heterocycles. The van der Waals surface area contributed by atoms with E-state index in [1.807, 2.05) is 0 Å². The summed E-state index contributed by atoms with van der Waals surface area (Å²) in [5, 5.41) is 3.43. The minimum atomic E-state index is -0.279. The molecule has 1 aromatic carbocycles. The van der Waals surface area contributed by atoms with Gasteiger partial charge in [0.2, 0.25) is 0 Å². The van der Waals surface area contributed by atoms with Gasteiger partial charge in [0.25, 0.3) is 0 Å². The molecule has 1 aromatic heterocycles. The number of nitrogens with one attached hydrogen (secondary N) is 1. The number of nitrogens with zero attached hydrogens (tertiary/aromatic N) is 1. The fourth-order valence-electron chi connectivity index (χ4n) is 1.94. The third-order valence-electron chi connectivity index (χ3n) is 2.97. The van der Waals surface area contributed by atoms with Gasteiger partial charge in [0.1, 0.15) is 5.82 Å². The van der Waals surface area contributed by atoms with Gasteiger partial charge in [-0.1, -0.05) is 0 Å². The van der Waals surface area contributed by atoms with Crippen molar-refractivity contribution in [2.24, 2.45) is 0 Å².